The van der Waals surface area contributed by atoms with E-state index in [0.29, 0.717) is 0 Å². The van der Waals surface area contributed by atoms with Crippen LogP contribution < -0.4 is 5.73 Å². The van der Waals surface area contributed by atoms with E-state index in [4.69, 9.17) is 10.8 Å². The molecule has 116 valence electrons. The second-order valence-corrected chi connectivity index (χ2v) is 6.11. The standard InChI is InChI=1S/C15H28N2O3/c1-11(6-5-7-12(2)16)15(20)17(10-14(18)19)13-8-3-4-9-13/h11-13H,3-10,16H2,1-2H3,(H,18,19). The summed E-state index contributed by atoms with van der Waals surface area (Å²) in [6.45, 7) is 3.69. The molecule has 2 atom stereocenters. The van der Waals surface area contributed by atoms with Crippen LogP contribution in [-0.2, 0) is 9.59 Å². The lowest BCUT2D eigenvalue weighted by molar-refractivity contribution is -0.148. The molecule has 3 N–H and O–H groups in total. The van der Waals surface area contributed by atoms with Gasteiger partial charge < -0.3 is 15.7 Å². The number of carbonyl (C=O) groups excluding carboxylic acids is 1. The average molecular weight is 284 g/mol. The van der Waals surface area contributed by atoms with Gasteiger partial charge >= 0.3 is 5.97 Å². The zero-order chi connectivity index (χ0) is 15.1. The molecule has 1 rings (SSSR count). The molecule has 1 amide bonds. The van der Waals surface area contributed by atoms with Gasteiger partial charge in [0.15, 0.2) is 0 Å². The van der Waals surface area contributed by atoms with Crippen molar-refractivity contribution in [2.75, 3.05) is 6.54 Å². The van der Waals surface area contributed by atoms with Gasteiger partial charge in [-0.05, 0) is 32.6 Å². The summed E-state index contributed by atoms with van der Waals surface area (Å²) in [6, 6.07) is 0.275. The van der Waals surface area contributed by atoms with Crippen LogP contribution in [0.4, 0.5) is 0 Å². The molecule has 0 heterocycles. The Hall–Kier alpha value is -1.10. The highest BCUT2D eigenvalue weighted by Gasteiger charge is 2.30. The predicted octanol–water partition coefficient (Wildman–Crippen LogP) is 2.00. The van der Waals surface area contributed by atoms with Crippen LogP contribution in [0.3, 0.4) is 0 Å². The van der Waals surface area contributed by atoms with Crippen molar-refractivity contribution in [3.63, 3.8) is 0 Å². The molecule has 1 saturated carbocycles. The third kappa shape index (κ3) is 5.49. The highest BCUT2D eigenvalue weighted by Crippen LogP contribution is 2.25. The summed E-state index contributed by atoms with van der Waals surface area (Å²) >= 11 is 0. The summed E-state index contributed by atoms with van der Waals surface area (Å²) in [7, 11) is 0. The first-order valence-electron chi connectivity index (χ1n) is 7.69. The second-order valence-electron chi connectivity index (χ2n) is 6.11. The van der Waals surface area contributed by atoms with Gasteiger partial charge in [-0.15, -0.1) is 0 Å². The van der Waals surface area contributed by atoms with Crippen LogP contribution in [0.15, 0.2) is 0 Å². The summed E-state index contributed by atoms with van der Waals surface area (Å²) in [5, 5.41) is 9.01. The third-order valence-corrected chi connectivity index (χ3v) is 4.07. The van der Waals surface area contributed by atoms with Gasteiger partial charge in [-0.2, -0.15) is 0 Å². The fraction of sp³-hybridized carbons (Fsp3) is 0.867. The highest BCUT2D eigenvalue weighted by atomic mass is 16.4. The number of nitrogens with zero attached hydrogens (tertiary/aromatic N) is 1. The number of carboxylic acids is 1. The summed E-state index contributed by atoms with van der Waals surface area (Å²) in [5.74, 6) is -1.05. The monoisotopic (exact) mass is 284 g/mol. The van der Waals surface area contributed by atoms with Crippen LogP contribution in [0, 0.1) is 5.92 Å². The van der Waals surface area contributed by atoms with Crippen molar-refractivity contribution < 1.29 is 14.7 Å². The Morgan fingerprint density at radius 1 is 1.25 bits per heavy atom. The Morgan fingerprint density at radius 3 is 2.35 bits per heavy atom. The van der Waals surface area contributed by atoms with Crippen molar-refractivity contribution in [3.05, 3.63) is 0 Å². The van der Waals surface area contributed by atoms with Crippen LogP contribution in [0.2, 0.25) is 0 Å². The summed E-state index contributed by atoms with van der Waals surface area (Å²) in [4.78, 5) is 25.0. The first kappa shape index (κ1) is 17.0. The van der Waals surface area contributed by atoms with Crippen molar-refractivity contribution in [1.29, 1.82) is 0 Å². The minimum absolute atomic E-state index is 0.0102. The van der Waals surface area contributed by atoms with E-state index >= 15 is 0 Å². The van der Waals surface area contributed by atoms with Crippen molar-refractivity contribution in [1.82, 2.24) is 4.90 Å². The molecular formula is C15H28N2O3. The van der Waals surface area contributed by atoms with E-state index < -0.39 is 5.97 Å². The largest absolute Gasteiger partial charge is 0.480 e. The number of hydrogen-bond donors (Lipinski definition) is 2. The number of amides is 1. The van der Waals surface area contributed by atoms with E-state index in [-0.39, 0.29) is 30.5 Å². The van der Waals surface area contributed by atoms with E-state index in [1.807, 2.05) is 13.8 Å². The van der Waals surface area contributed by atoms with E-state index in [9.17, 15) is 9.59 Å². The topological polar surface area (TPSA) is 83.6 Å². The number of carboxylic acid groups (broad SMARTS) is 1. The fourth-order valence-electron chi connectivity index (χ4n) is 2.90. The molecule has 0 aromatic carbocycles. The van der Waals surface area contributed by atoms with Crippen molar-refractivity contribution in [3.8, 4) is 0 Å². The first-order chi connectivity index (χ1) is 9.41. The molecule has 1 aliphatic rings. The van der Waals surface area contributed by atoms with Crippen molar-refractivity contribution in [2.24, 2.45) is 11.7 Å². The molecule has 0 aromatic heterocycles. The highest BCUT2D eigenvalue weighted by molar-refractivity contribution is 5.83. The van der Waals surface area contributed by atoms with Crippen LogP contribution in [-0.4, -0.2) is 40.5 Å². The molecule has 0 aliphatic heterocycles. The SMILES string of the molecule is CC(N)CCCC(C)C(=O)N(CC(=O)O)C1CCCC1. The fourth-order valence-corrected chi connectivity index (χ4v) is 2.90. The van der Waals surface area contributed by atoms with Gasteiger partial charge in [0.1, 0.15) is 6.54 Å². The minimum Gasteiger partial charge on any atom is -0.480 e. The molecule has 20 heavy (non-hydrogen) atoms. The number of aliphatic carboxylic acids is 1. The lowest BCUT2D eigenvalue weighted by atomic mass is 9.99. The number of hydrogen-bond acceptors (Lipinski definition) is 3. The van der Waals surface area contributed by atoms with E-state index in [2.05, 4.69) is 0 Å². The van der Waals surface area contributed by atoms with Crippen molar-refractivity contribution in [2.45, 2.75) is 70.9 Å². The maximum absolute atomic E-state index is 12.5. The molecule has 0 aromatic rings. The van der Waals surface area contributed by atoms with Gasteiger partial charge in [0.05, 0.1) is 0 Å². The van der Waals surface area contributed by atoms with Gasteiger partial charge in [-0.1, -0.05) is 26.2 Å². The molecule has 5 heteroatoms. The molecule has 2 unspecified atom stereocenters. The van der Waals surface area contributed by atoms with Gasteiger partial charge in [0, 0.05) is 18.0 Å². The van der Waals surface area contributed by atoms with Crippen molar-refractivity contribution >= 4 is 11.9 Å². The van der Waals surface area contributed by atoms with E-state index in [1.165, 1.54) is 0 Å². The minimum atomic E-state index is -0.923. The normalized spacial score (nSPS) is 18.8. The average Bonchev–Trinajstić information content (AvgIpc) is 2.87. The zero-order valence-corrected chi connectivity index (χ0v) is 12.7. The Labute approximate surface area is 121 Å². The molecular weight excluding hydrogens is 256 g/mol. The lowest BCUT2D eigenvalue weighted by Gasteiger charge is -2.30. The van der Waals surface area contributed by atoms with Gasteiger partial charge in [0.25, 0.3) is 0 Å². The van der Waals surface area contributed by atoms with Crippen LogP contribution in [0.1, 0.15) is 58.8 Å². The molecule has 1 fully saturated rings. The van der Waals surface area contributed by atoms with Crippen LogP contribution >= 0.6 is 0 Å². The summed E-state index contributed by atoms with van der Waals surface area (Å²) in [6.07, 6.45) is 6.65. The molecule has 1 aliphatic carbocycles. The molecule has 0 saturated heterocycles. The smallest absolute Gasteiger partial charge is 0.323 e. The summed E-state index contributed by atoms with van der Waals surface area (Å²) in [5.41, 5.74) is 5.71. The predicted molar refractivity (Wildman–Crippen MR) is 78.3 cm³/mol. The number of carbonyl (C=O) groups is 2. The van der Waals surface area contributed by atoms with Gasteiger partial charge in [-0.3, -0.25) is 9.59 Å². The number of nitrogens with two attached hydrogens (primary N) is 1. The van der Waals surface area contributed by atoms with Crippen LogP contribution in [0.5, 0.6) is 0 Å². The molecule has 0 spiro atoms. The first-order valence-corrected chi connectivity index (χ1v) is 7.69. The summed E-state index contributed by atoms with van der Waals surface area (Å²) < 4.78 is 0. The van der Waals surface area contributed by atoms with E-state index in [0.717, 1.165) is 44.9 Å². The Bertz CT molecular complexity index is 325. The Balaban J connectivity index is 2.54. The van der Waals surface area contributed by atoms with Gasteiger partial charge in [-0.25, -0.2) is 0 Å². The maximum atomic E-state index is 12.5. The maximum Gasteiger partial charge on any atom is 0.323 e. The quantitative estimate of drug-likeness (QED) is 0.714. The second kappa shape index (κ2) is 8.25. The van der Waals surface area contributed by atoms with E-state index in [1.54, 1.807) is 4.90 Å². The Kier molecular flexibility index (Phi) is 6.99. The lowest BCUT2D eigenvalue weighted by Crippen LogP contribution is -2.44. The zero-order valence-electron chi connectivity index (χ0n) is 12.7. The van der Waals surface area contributed by atoms with Gasteiger partial charge in [0.2, 0.25) is 5.91 Å². The molecule has 5 nitrogen and oxygen atoms in total. The van der Waals surface area contributed by atoms with Crippen LogP contribution in [0.25, 0.3) is 0 Å². The molecule has 0 radical (unpaired) electrons. The Morgan fingerprint density at radius 2 is 1.85 bits per heavy atom. The third-order valence-electron chi connectivity index (χ3n) is 4.07. The number of rotatable bonds is 8. The molecule has 0 bridgehead atoms.